The van der Waals surface area contributed by atoms with E-state index < -0.39 is 0 Å². The Morgan fingerprint density at radius 2 is 1.20 bits per heavy atom. The van der Waals surface area contributed by atoms with Crippen molar-refractivity contribution in [1.29, 1.82) is 0 Å². The topological polar surface area (TPSA) is 26.0 Å². The van der Waals surface area contributed by atoms with Gasteiger partial charge in [-0.15, -0.1) is 0 Å². The van der Waals surface area contributed by atoms with Gasteiger partial charge in [0.2, 0.25) is 0 Å². The minimum absolute atomic E-state index is 0.865. The van der Waals surface area contributed by atoms with Crippen LogP contribution >= 0.6 is 0 Å². The zero-order valence-corrected chi connectivity index (χ0v) is 22.7. The molecule has 0 amide bonds. The highest BCUT2D eigenvalue weighted by Gasteiger charge is 2.07. The molecule has 1 rings (SSSR count). The highest BCUT2D eigenvalue weighted by molar-refractivity contribution is 5.39. The molecule has 0 bridgehead atoms. The summed E-state index contributed by atoms with van der Waals surface area (Å²) >= 11 is 0. The fourth-order valence-corrected chi connectivity index (χ4v) is 3.10. The fourth-order valence-electron chi connectivity index (χ4n) is 3.10. The number of nitrogens with two attached hydrogens (primary N) is 1. The Morgan fingerprint density at radius 3 is 1.63 bits per heavy atom. The van der Waals surface area contributed by atoms with Crippen molar-refractivity contribution in [2.24, 2.45) is 17.8 Å². The van der Waals surface area contributed by atoms with Crippen LogP contribution in [0.5, 0.6) is 0 Å². The van der Waals surface area contributed by atoms with Gasteiger partial charge >= 0.3 is 0 Å². The van der Waals surface area contributed by atoms with Crippen LogP contribution in [0.1, 0.15) is 133 Å². The van der Waals surface area contributed by atoms with E-state index in [1.807, 2.05) is 26.0 Å². The first-order chi connectivity index (χ1) is 14.3. The van der Waals surface area contributed by atoms with Crippen molar-refractivity contribution in [3.63, 3.8) is 0 Å². The lowest BCUT2D eigenvalue weighted by molar-refractivity contribution is 0.365. The normalized spacial score (nSPS) is 11.8. The summed E-state index contributed by atoms with van der Waals surface area (Å²) in [5, 5.41) is 0. The molecule has 2 unspecified atom stereocenters. The number of anilines is 1. The van der Waals surface area contributed by atoms with Crippen LogP contribution in [-0.4, -0.2) is 0 Å². The van der Waals surface area contributed by atoms with E-state index in [1.54, 1.807) is 0 Å². The second kappa shape index (κ2) is 26.1. The molecule has 180 valence electrons. The molecular weight excluding hydrogens is 362 g/mol. The fraction of sp³-hybridized carbons (Fsp3) is 0.793. The Kier molecular flexibility index (Phi) is 29.2. The molecule has 0 aromatic heterocycles. The van der Waals surface area contributed by atoms with Gasteiger partial charge in [0.1, 0.15) is 0 Å². The molecule has 0 aliphatic rings. The van der Waals surface area contributed by atoms with E-state index in [4.69, 9.17) is 5.73 Å². The average molecular weight is 422 g/mol. The smallest absolute Gasteiger partial charge is 0.0314 e. The number of hydrogen-bond acceptors (Lipinski definition) is 1. The molecule has 0 fully saturated rings. The quantitative estimate of drug-likeness (QED) is 0.279. The molecule has 2 atom stereocenters. The maximum atomic E-state index is 5.70. The van der Waals surface area contributed by atoms with Crippen LogP contribution in [0.25, 0.3) is 0 Å². The first-order valence-electron chi connectivity index (χ1n) is 13.1. The van der Waals surface area contributed by atoms with E-state index in [0.717, 1.165) is 23.4 Å². The second-order valence-corrected chi connectivity index (χ2v) is 9.08. The van der Waals surface area contributed by atoms with Crippen molar-refractivity contribution in [2.75, 3.05) is 5.73 Å². The van der Waals surface area contributed by atoms with Crippen LogP contribution in [0, 0.1) is 17.8 Å². The van der Waals surface area contributed by atoms with Gasteiger partial charge in [0.25, 0.3) is 0 Å². The minimum Gasteiger partial charge on any atom is -0.399 e. The van der Waals surface area contributed by atoms with Crippen molar-refractivity contribution in [2.45, 2.75) is 133 Å². The predicted molar refractivity (Wildman–Crippen MR) is 143 cm³/mol. The maximum absolute atomic E-state index is 5.70. The first kappa shape index (κ1) is 33.7. The van der Waals surface area contributed by atoms with Crippen LogP contribution < -0.4 is 5.73 Å². The number of nitrogen functional groups attached to an aromatic ring is 1. The Morgan fingerprint density at radius 1 is 0.733 bits per heavy atom. The molecule has 0 saturated heterocycles. The van der Waals surface area contributed by atoms with Crippen LogP contribution in [0.4, 0.5) is 5.69 Å². The summed E-state index contributed by atoms with van der Waals surface area (Å²) in [7, 11) is 0. The average Bonchev–Trinajstić information content (AvgIpc) is 2.72. The van der Waals surface area contributed by atoms with Crippen molar-refractivity contribution in [3.05, 3.63) is 29.8 Å². The lowest BCUT2D eigenvalue weighted by atomic mass is 9.90. The van der Waals surface area contributed by atoms with E-state index in [1.165, 1.54) is 69.8 Å². The van der Waals surface area contributed by atoms with E-state index in [2.05, 4.69) is 67.5 Å². The molecule has 0 heterocycles. The summed E-state index contributed by atoms with van der Waals surface area (Å²) in [5.74, 6) is 2.69. The summed E-state index contributed by atoms with van der Waals surface area (Å²) in [5.41, 5.74) is 7.98. The minimum atomic E-state index is 0.865. The third-order valence-corrected chi connectivity index (χ3v) is 5.04. The lowest BCUT2D eigenvalue weighted by Crippen LogP contribution is -2.03. The van der Waals surface area contributed by atoms with Crippen LogP contribution in [-0.2, 0) is 6.42 Å². The third-order valence-electron chi connectivity index (χ3n) is 5.04. The molecule has 1 heteroatoms. The summed E-state index contributed by atoms with van der Waals surface area (Å²) in [6, 6.07) is 8.33. The Bertz CT molecular complexity index is 407. The molecule has 2 N–H and O–H groups in total. The summed E-state index contributed by atoms with van der Waals surface area (Å²) in [4.78, 5) is 0. The maximum Gasteiger partial charge on any atom is 0.0314 e. The van der Waals surface area contributed by atoms with Gasteiger partial charge < -0.3 is 5.73 Å². The molecule has 1 aromatic rings. The molecule has 0 aliphatic carbocycles. The van der Waals surface area contributed by atoms with Gasteiger partial charge in [0.05, 0.1) is 0 Å². The number of aryl methyl sites for hydroxylation is 1. The number of rotatable bonds is 11. The molecule has 0 radical (unpaired) electrons. The summed E-state index contributed by atoms with van der Waals surface area (Å²) < 4.78 is 0. The zero-order valence-electron chi connectivity index (χ0n) is 22.7. The summed E-state index contributed by atoms with van der Waals surface area (Å²) in [6.07, 6.45) is 13.3. The van der Waals surface area contributed by atoms with E-state index in [0.29, 0.717) is 0 Å². The number of benzene rings is 1. The largest absolute Gasteiger partial charge is 0.399 e. The molecule has 1 nitrogen and oxygen atoms in total. The van der Waals surface area contributed by atoms with E-state index >= 15 is 0 Å². The van der Waals surface area contributed by atoms with Crippen molar-refractivity contribution >= 4 is 5.69 Å². The van der Waals surface area contributed by atoms with E-state index in [9.17, 15) is 0 Å². The van der Waals surface area contributed by atoms with Gasteiger partial charge in [-0.05, 0) is 54.7 Å². The zero-order chi connectivity index (χ0) is 23.8. The molecular formula is C29H59N. The van der Waals surface area contributed by atoms with Crippen LogP contribution in [0.2, 0.25) is 0 Å². The summed E-state index contributed by atoms with van der Waals surface area (Å²) in [6.45, 7) is 22.0. The first-order valence-corrected chi connectivity index (χ1v) is 13.1. The van der Waals surface area contributed by atoms with Gasteiger partial charge in [0, 0.05) is 5.69 Å². The Hall–Kier alpha value is -0.980. The van der Waals surface area contributed by atoms with Crippen molar-refractivity contribution < 1.29 is 0 Å². The lowest BCUT2D eigenvalue weighted by Gasteiger charge is -2.16. The highest BCUT2D eigenvalue weighted by atomic mass is 14.5. The van der Waals surface area contributed by atoms with Gasteiger partial charge in [-0.25, -0.2) is 0 Å². The molecule has 1 aromatic carbocycles. The second-order valence-electron chi connectivity index (χ2n) is 9.08. The highest BCUT2D eigenvalue weighted by Crippen LogP contribution is 2.21. The number of unbranched alkanes of at least 4 members (excludes halogenated alkanes) is 2. The predicted octanol–water partition coefficient (Wildman–Crippen LogP) is 10.3. The molecule has 0 aliphatic heterocycles. The van der Waals surface area contributed by atoms with Gasteiger partial charge in [-0.3, -0.25) is 0 Å². The Balaban J connectivity index is -0.000000613. The SMILES string of the molecule is CC.CCC.CCC(C)C.CCCC(C)CC(C)CCCCCc1ccc(N)cc1. The molecule has 30 heavy (non-hydrogen) atoms. The molecule has 0 saturated carbocycles. The van der Waals surface area contributed by atoms with Gasteiger partial charge in [-0.1, -0.05) is 126 Å². The van der Waals surface area contributed by atoms with Crippen LogP contribution in [0.15, 0.2) is 24.3 Å². The van der Waals surface area contributed by atoms with Crippen molar-refractivity contribution in [3.8, 4) is 0 Å². The van der Waals surface area contributed by atoms with Crippen LogP contribution in [0.3, 0.4) is 0 Å². The molecule has 0 spiro atoms. The third kappa shape index (κ3) is 27.0. The van der Waals surface area contributed by atoms with E-state index in [-0.39, 0.29) is 0 Å². The standard InChI is InChI=1S/C19H33N.C5H12.C3H8.C2H6/c1-4-8-16(2)15-17(3)9-6-5-7-10-18-11-13-19(20)14-12-18;1-4-5(2)3;1-3-2;1-2/h11-14,16-17H,4-10,15,20H2,1-3H3;5H,4H2,1-3H3;3H2,1-2H3;1-2H3. The van der Waals surface area contributed by atoms with Crippen molar-refractivity contribution in [1.82, 2.24) is 0 Å². The number of hydrogen-bond donors (Lipinski definition) is 1. The Labute approximate surface area is 192 Å². The monoisotopic (exact) mass is 421 g/mol. The van der Waals surface area contributed by atoms with Gasteiger partial charge in [0.15, 0.2) is 0 Å². The van der Waals surface area contributed by atoms with Gasteiger partial charge in [-0.2, -0.15) is 0 Å².